The van der Waals surface area contributed by atoms with Crippen LogP contribution in [-0.2, 0) is 34.2 Å². The number of benzene rings is 2. The summed E-state index contributed by atoms with van der Waals surface area (Å²) in [6, 6.07) is 15.8. The maximum Gasteiger partial charge on any atom is 0.253 e. The molecule has 166 valence electrons. The number of ether oxygens (including phenoxy) is 1. The molecule has 0 spiro atoms. The molecule has 1 aliphatic rings. The number of hydrogen-bond donors (Lipinski definition) is 0. The second-order valence-corrected chi connectivity index (χ2v) is 9.19. The van der Waals surface area contributed by atoms with Crippen LogP contribution in [0.4, 0.5) is 5.69 Å². The zero-order valence-corrected chi connectivity index (χ0v) is 19.0. The molecule has 0 aliphatic carbocycles. The van der Waals surface area contributed by atoms with Crippen molar-refractivity contribution in [3.63, 3.8) is 0 Å². The maximum atomic E-state index is 12.7. The molecule has 2 heterocycles. The smallest absolute Gasteiger partial charge is 0.253 e. The van der Waals surface area contributed by atoms with Crippen LogP contribution in [0.2, 0.25) is 0 Å². The van der Waals surface area contributed by atoms with Gasteiger partial charge < -0.3 is 14.2 Å². The van der Waals surface area contributed by atoms with Crippen molar-refractivity contribution >= 4 is 29.1 Å². The highest BCUT2D eigenvalue weighted by Gasteiger charge is 2.20. The highest BCUT2D eigenvalue weighted by molar-refractivity contribution is 7.99. The first kappa shape index (κ1) is 22.2. The van der Waals surface area contributed by atoms with Gasteiger partial charge in [0.2, 0.25) is 0 Å². The lowest BCUT2D eigenvalue weighted by molar-refractivity contribution is -0.125. The Bertz CT molecular complexity index is 1100. The van der Waals surface area contributed by atoms with E-state index in [1.807, 2.05) is 48.0 Å². The summed E-state index contributed by atoms with van der Waals surface area (Å²) >= 11 is 1.64. The lowest BCUT2D eigenvalue weighted by Crippen LogP contribution is -2.41. The topological polar surface area (TPSA) is 77.3 Å². The van der Waals surface area contributed by atoms with Crippen molar-refractivity contribution in [2.24, 2.45) is 7.05 Å². The Morgan fingerprint density at radius 1 is 1.16 bits per heavy atom. The van der Waals surface area contributed by atoms with Gasteiger partial charge in [0.1, 0.15) is 18.7 Å². The fourth-order valence-electron chi connectivity index (χ4n) is 3.66. The van der Waals surface area contributed by atoms with Crippen LogP contribution in [0.15, 0.2) is 60.0 Å². The molecule has 1 aliphatic heterocycles. The molecule has 7 nitrogen and oxygen atoms in total. The van der Waals surface area contributed by atoms with E-state index in [0.717, 1.165) is 27.5 Å². The van der Waals surface area contributed by atoms with Gasteiger partial charge in [-0.25, -0.2) is 0 Å². The standard InChI is InChI=1S/C24H26N4O3S/c1-17(32-24-26-25-16-27(24)2)20-5-3-4-19(12-20)14-22(29)13-18-6-8-21(9-7-18)28-10-11-31-15-23(28)30/h3-9,12,16-17H,10-11,13-15H2,1-2H3/t17-/m0/s1. The van der Waals surface area contributed by atoms with Crippen molar-refractivity contribution in [2.75, 3.05) is 24.7 Å². The van der Waals surface area contributed by atoms with E-state index in [4.69, 9.17) is 4.74 Å². The Labute approximate surface area is 191 Å². The molecule has 0 unspecified atom stereocenters. The number of morpholine rings is 1. The fraction of sp³-hybridized carbons (Fsp3) is 0.333. The molecule has 1 saturated heterocycles. The molecular formula is C24H26N4O3S. The predicted molar refractivity (Wildman–Crippen MR) is 124 cm³/mol. The van der Waals surface area contributed by atoms with Gasteiger partial charge in [-0.2, -0.15) is 0 Å². The molecule has 1 amide bonds. The molecule has 1 aromatic heterocycles. The van der Waals surface area contributed by atoms with Crippen LogP contribution in [0.1, 0.15) is 28.9 Å². The maximum absolute atomic E-state index is 12.7. The predicted octanol–water partition coefficient (Wildman–Crippen LogP) is 3.39. The summed E-state index contributed by atoms with van der Waals surface area (Å²) in [6.45, 7) is 3.34. The van der Waals surface area contributed by atoms with E-state index < -0.39 is 0 Å². The molecule has 0 saturated carbocycles. The van der Waals surface area contributed by atoms with Gasteiger partial charge in [0.05, 0.1) is 6.61 Å². The number of amides is 1. The zero-order valence-electron chi connectivity index (χ0n) is 18.2. The number of carbonyl (C=O) groups is 2. The van der Waals surface area contributed by atoms with Gasteiger partial charge >= 0.3 is 0 Å². The van der Waals surface area contributed by atoms with E-state index in [1.165, 1.54) is 0 Å². The van der Waals surface area contributed by atoms with Crippen LogP contribution in [0.5, 0.6) is 0 Å². The Morgan fingerprint density at radius 3 is 2.66 bits per heavy atom. The second kappa shape index (κ2) is 10.1. The number of ketones is 1. The first-order valence-corrected chi connectivity index (χ1v) is 11.5. The lowest BCUT2D eigenvalue weighted by Gasteiger charge is -2.26. The number of rotatable bonds is 8. The summed E-state index contributed by atoms with van der Waals surface area (Å²) in [5.74, 6) is 0.123. The summed E-state index contributed by atoms with van der Waals surface area (Å²) in [7, 11) is 1.93. The summed E-state index contributed by atoms with van der Waals surface area (Å²) in [5, 5.41) is 9.12. The molecule has 3 aromatic rings. The minimum absolute atomic E-state index is 0.0356. The fourth-order valence-corrected chi connectivity index (χ4v) is 4.57. The lowest BCUT2D eigenvalue weighted by atomic mass is 10.0. The molecule has 0 N–H and O–H groups in total. The van der Waals surface area contributed by atoms with E-state index in [2.05, 4.69) is 29.3 Å². The molecule has 1 atom stereocenters. The van der Waals surface area contributed by atoms with Gasteiger partial charge in [0, 0.05) is 37.4 Å². The molecular weight excluding hydrogens is 424 g/mol. The van der Waals surface area contributed by atoms with Crippen LogP contribution in [0, 0.1) is 0 Å². The van der Waals surface area contributed by atoms with Crippen molar-refractivity contribution in [1.82, 2.24) is 14.8 Å². The Morgan fingerprint density at radius 2 is 1.94 bits per heavy atom. The third kappa shape index (κ3) is 5.44. The number of nitrogens with zero attached hydrogens (tertiary/aromatic N) is 4. The number of hydrogen-bond acceptors (Lipinski definition) is 6. The number of carbonyl (C=O) groups excluding carboxylic acids is 2. The van der Waals surface area contributed by atoms with Crippen LogP contribution in [0.25, 0.3) is 0 Å². The van der Waals surface area contributed by atoms with Gasteiger partial charge in [-0.15, -0.1) is 10.2 Å². The van der Waals surface area contributed by atoms with E-state index in [9.17, 15) is 9.59 Å². The number of aromatic nitrogens is 3. The number of thioether (sulfide) groups is 1. The van der Waals surface area contributed by atoms with E-state index in [0.29, 0.717) is 26.0 Å². The summed E-state index contributed by atoms with van der Waals surface area (Å²) in [4.78, 5) is 26.4. The summed E-state index contributed by atoms with van der Waals surface area (Å²) < 4.78 is 7.07. The van der Waals surface area contributed by atoms with E-state index in [1.54, 1.807) is 23.0 Å². The Balaban J connectivity index is 1.35. The highest BCUT2D eigenvalue weighted by atomic mass is 32.2. The van der Waals surface area contributed by atoms with Crippen LogP contribution in [-0.4, -0.2) is 46.2 Å². The third-order valence-electron chi connectivity index (χ3n) is 5.41. The van der Waals surface area contributed by atoms with Crippen LogP contribution < -0.4 is 4.90 Å². The molecule has 0 radical (unpaired) electrons. The van der Waals surface area contributed by atoms with Gasteiger partial charge in [-0.3, -0.25) is 9.59 Å². The molecule has 1 fully saturated rings. The molecule has 0 bridgehead atoms. The van der Waals surface area contributed by atoms with Crippen molar-refractivity contribution in [2.45, 2.75) is 30.2 Å². The van der Waals surface area contributed by atoms with Crippen molar-refractivity contribution in [3.05, 3.63) is 71.5 Å². The van der Waals surface area contributed by atoms with Gasteiger partial charge in [0.25, 0.3) is 5.91 Å². The molecule has 32 heavy (non-hydrogen) atoms. The highest BCUT2D eigenvalue weighted by Crippen LogP contribution is 2.33. The quantitative estimate of drug-likeness (QED) is 0.490. The monoisotopic (exact) mass is 450 g/mol. The van der Waals surface area contributed by atoms with Gasteiger partial charge in [0.15, 0.2) is 5.16 Å². The first-order chi connectivity index (χ1) is 15.5. The van der Waals surface area contributed by atoms with E-state index in [-0.39, 0.29) is 23.5 Å². The minimum atomic E-state index is -0.0356. The first-order valence-electron chi connectivity index (χ1n) is 10.6. The van der Waals surface area contributed by atoms with Crippen molar-refractivity contribution in [3.8, 4) is 0 Å². The Kier molecular flexibility index (Phi) is 7.02. The average Bonchev–Trinajstić information content (AvgIpc) is 3.19. The number of anilines is 1. The van der Waals surface area contributed by atoms with Gasteiger partial charge in [-0.1, -0.05) is 48.2 Å². The molecule has 8 heteroatoms. The molecule has 2 aromatic carbocycles. The normalized spacial score (nSPS) is 15.1. The van der Waals surface area contributed by atoms with Crippen molar-refractivity contribution in [1.29, 1.82) is 0 Å². The third-order valence-corrected chi connectivity index (χ3v) is 6.62. The largest absolute Gasteiger partial charge is 0.370 e. The molecule has 4 rings (SSSR count). The summed E-state index contributed by atoms with van der Waals surface area (Å²) in [5.41, 5.74) is 3.95. The van der Waals surface area contributed by atoms with Crippen molar-refractivity contribution < 1.29 is 14.3 Å². The zero-order chi connectivity index (χ0) is 22.5. The van der Waals surface area contributed by atoms with Gasteiger partial charge in [-0.05, 0) is 35.7 Å². The SMILES string of the molecule is C[C@H](Sc1nncn1C)c1cccc(CC(=O)Cc2ccc(N3CCOCC3=O)cc2)c1. The van der Waals surface area contributed by atoms with E-state index >= 15 is 0 Å². The Hall–Kier alpha value is -2.97. The summed E-state index contributed by atoms with van der Waals surface area (Å²) in [6.07, 6.45) is 2.44. The number of aryl methyl sites for hydroxylation is 1. The number of Topliss-reactive ketones (excluding diaryl/α,β-unsaturated/α-hetero) is 1. The average molecular weight is 451 g/mol. The minimum Gasteiger partial charge on any atom is -0.370 e. The van der Waals surface area contributed by atoms with Crippen LogP contribution in [0.3, 0.4) is 0 Å². The van der Waals surface area contributed by atoms with Crippen LogP contribution >= 0.6 is 11.8 Å². The second-order valence-electron chi connectivity index (χ2n) is 7.89.